The zero-order valence-corrected chi connectivity index (χ0v) is 20.7. The fourth-order valence-electron chi connectivity index (χ4n) is 4.63. The molecule has 10 heteroatoms. The Morgan fingerprint density at radius 1 is 1.16 bits per heavy atom. The number of ether oxygens (including phenoxy) is 2. The molecule has 37 heavy (non-hydrogen) atoms. The number of para-hydroxylation sites is 1. The van der Waals surface area contributed by atoms with Crippen LogP contribution in [0.3, 0.4) is 0 Å². The number of aromatic nitrogens is 4. The Kier molecular flexibility index (Phi) is 5.90. The Bertz CT molecular complexity index is 1630. The molecule has 0 saturated carbocycles. The van der Waals surface area contributed by atoms with Crippen molar-refractivity contribution < 1.29 is 14.3 Å². The van der Waals surface area contributed by atoms with E-state index in [2.05, 4.69) is 25.6 Å². The van der Waals surface area contributed by atoms with Gasteiger partial charge in [-0.2, -0.15) is 0 Å². The highest BCUT2D eigenvalue weighted by Gasteiger charge is 2.29. The lowest BCUT2D eigenvalue weighted by molar-refractivity contribution is 0.0947. The zero-order valence-electron chi connectivity index (χ0n) is 19.9. The van der Waals surface area contributed by atoms with Crippen molar-refractivity contribution in [1.82, 2.24) is 24.7 Å². The minimum atomic E-state index is -0.158. The van der Waals surface area contributed by atoms with Crippen molar-refractivity contribution in [3.05, 3.63) is 89.2 Å². The number of nitrogens with zero attached hydrogens (tertiary/aromatic N) is 3. The van der Waals surface area contributed by atoms with E-state index < -0.39 is 0 Å². The van der Waals surface area contributed by atoms with E-state index in [1.54, 1.807) is 31.8 Å². The number of H-pyrrole nitrogens is 1. The maximum Gasteiger partial charge on any atom is 0.255 e. The Morgan fingerprint density at radius 2 is 2.08 bits per heavy atom. The number of imidazole rings is 1. The van der Waals surface area contributed by atoms with E-state index in [0.717, 1.165) is 22.5 Å². The van der Waals surface area contributed by atoms with Crippen LogP contribution >= 0.6 is 11.6 Å². The Hall–Kier alpha value is -4.50. The molecule has 3 N–H and O–H groups in total. The van der Waals surface area contributed by atoms with Crippen molar-refractivity contribution in [2.45, 2.75) is 13.0 Å². The first-order valence-electron chi connectivity index (χ1n) is 11.7. The van der Waals surface area contributed by atoms with Crippen LogP contribution in [0.5, 0.6) is 11.5 Å². The summed E-state index contributed by atoms with van der Waals surface area (Å²) in [7, 11) is 1.56. The number of aromatic amines is 1. The van der Waals surface area contributed by atoms with Crippen LogP contribution in [0.2, 0.25) is 5.02 Å². The number of hydrogen-bond acceptors (Lipinski definition) is 6. The molecule has 0 spiro atoms. The molecule has 9 nitrogen and oxygen atoms in total. The highest BCUT2D eigenvalue weighted by molar-refractivity contribution is 6.32. The van der Waals surface area contributed by atoms with Gasteiger partial charge in [-0.3, -0.25) is 9.78 Å². The van der Waals surface area contributed by atoms with Crippen molar-refractivity contribution in [2.75, 3.05) is 19.0 Å². The predicted octanol–water partition coefficient (Wildman–Crippen LogP) is 4.99. The number of halogens is 1. The molecule has 1 aliphatic rings. The number of carbonyl (C=O) groups excluding carboxylic acids is 1. The summed E-state index contributed by atoms with van der Waals surface area (Å²) < 4.78 is 13.8. The molecular weight excluding hydrogens is 492 g/mol. The monoisotopic (exact) mass is 514 g/mol. The summed E-state index contributed by atoms with van der Waals surface area (Å²) in [6, 6.07) is 11.2. The standard InChI is InChI=1S/C27H23ClN6O3/c1-36-25-18(28)5-2-6-20(25)33-24-22-19(8-10-31-27(22)35)32-23(24)17-7-9-29-14-21(17)37-15-16-4-3-12-34-13-11-30-26(16)34/h2-7,9,11-14,32-33H,8,10,15H2,1H3,(H,31,35). The van der Waals surface area contributed by atoms with Crippen molar-refractivity contribution >= 4 is 34.5 Å². The summed E-state index contributed by atoms with van der Waals surface area (Å²) in [5.74, 6) is 0.895. The second kappa shape index (κ2) is 9.51. The van der Waals surface area contributed by atoms with Gasteiger partial charge in [0.25, 0.3) is 5.91 Å². The molecule has 5 aromatic rings. The summed E-state index contributed by atoms with van der Waals surface area (Å²) >= 11 is 6.37. The third-order valence-electron chi connectivity index (χ3n) is 6.33. The van der Waals surface area contributed by atoms with Crippen molar-refractivity contribution in [2.24, 2.45) is 0 Å². The van der Waals surface area contributed by atoms with E-state index >= 15 is 0 Å². The van der Waals surface area contributed by atoms with Crippen molar-refractivity contribution in [3.8, 4) is 22.8 Å². The average Bonchev–Trinajstić information content (AvgIpc) is 3.54. The minimum Gasteiger partial charge on any atom is -0.493 e. The summed E-state index contributed by atoms with van der Waals surface area (Å²) in [6.07, 6.45) is 9.63. The van der Waals surface area contributed by atoms with Crippen LogP contribution in [0.25, 0.3) is 16.9 Å². The van der Waals surface area contributed by atoms with Gasteiger partial charge in [0.2, 0.25) is 0 Å². The first-order valence-corrected chi connectivity index (χ1v) is 12.1. The topological polar surface area (TPSA) is 106 Å². The third-order valence-corrected chi connectivity index (χ3v) is 6.63. The first-order chi connectivity index (χ1) is 18.1. The van der Waals surface area contributed by atoms with Crippen molar-refractivity contribution in [3.63, 3.8) is 0 Å². The number of hydrogen-bond donors (Lipinski definition) is 3. The van der Waals surface area contributed by atoms with Gasteiger partial charge in [0, 0.05) is 54.6 Å². The van der Waals surface area contributed by atoms with Crippen LogP contribution in [0.4, 0.5) is 11.4 Å². The first kappa shape index (κ1) is 22.9. The molecule has 0 radical (unpaired) electrons. The molecular formula is C27H23ClN6O3. The molecule has 4 aromatic heterocycles. The summed E-state index contributed by atoms with van der Waals surface area (Å²) in [5.41, 5.74) is 5.87. The number of anilines is 2. The maximum absolute atomic E-state index is 13.0. The molecule has 0 aliphatic carbocycles. The van der Waals surface area contributed by atoms with Crippen LogP contribution in [-0.4, -0.2) is 38.9 Å². The van der Waals surface area contributed by atoms with Gasteiger partial charge in [0.05, 0.1) is 41.0 Å². The molecule has 0 unspecified atom stereocenters. The molecule has 5 heterocycles. The normalized spacial score (nSPS) is 12.8. The van der Waals surface area contributed by atoms with E-state index in [9.17, 15) is 4.79 Å². The van der Waals surface area contributed by atoms with Crippen LogP contribution in [0.15, 0.2) is 67.4 Å². The quantitative estimate of drug-likeness (QED) is 0.282. The summed E-state index contributed by atoms with van der Waals surface area (Å²) in [4.78, 5) is 25.2. The Labute approximate surface area is 217 Å². The second-order valence-corrected chi connectivity index (χ2v) is 8.94. The molecule has 1 amide bonds. The van der Waals surface area contributed by atoms with E-state index in [1.165, 1.54) is 0 Å². The van der Waals surface area contributed by atoms with Crippen molar-refractivity contribution in [1.29, 1.82) is 0 Å². The number of carbonyl (C=O) groups is 1. The number of amides is 1. The number of nitrogens with one attached hydrogen (secondary N) is 3. The number of rotatable bonds is 7. The lowest BCUT2D eigenvalue weighted by atomic mass is 10.0. The van der Waals surface area contributed by atoms with Crippen LogP contribution in [0, 0.1) is 0 Å². The number of methoxy groups -OCH3 is 1. The van der Waals surface area contributed by atoms with E-state index in [0.29, 0.717) is 58.7 Å². The van der Waals surface area contributed by atoms with Gasteiger partial charge in [-0.05, 0) is 24.3 Å². The van der Waals surface area contributed by atoms with Crippen LogP contribution in [-0.2, 0) is 13.0 Å². The van der Waals surface area contributed by atoms with E-state index in [-0.39, 0.29) is 5.91 Å². The Balaban J connectivity index is 1.43. The number of benzene rings is 1. The molecule has 1 aromatic carbocycles. The van der Waals surface area contributed by atoms with Gasteiger partial charge in [-0.1, -0.05) is 23.7 Å². The molecule has 1 aliphatic heterocycles. The van der Waals surface area contributed by atoms with Gasteiger partial charge < -0.3 is 29.5 Å². The highest BCUT2D eigenvalue weighted by atomic mass is 35.5. The molecule has 0 atom stereocenters. The number of pyridine rings is 2. The molecule has 0 bridgehead atoms. The van der Waals surface area contributed by atoms with Crippen LogP contribution < -0.4 is 20.1 Å². The Morgan fingerprint density at radius 3 is 2.97 bits per heavy atom. The molecule has 0 saturated heterocycles. The lowest BCUT2D eigenvalue weighted by Crippen LogP contribution is -2.31. The van der Waals surface area contributed by atoms with Gasteiger partial charge in [-0.15, -0.1) is 0 Å². The molecule has 0 fully saturated rings. The fourth-order valence-corrected chi connectivity index (χ4v) is 4.89. The number of fused-ring (bicyclic) bond motifs is 2. The van der Waals surface area contributed by atoms with Gasteiger partial charge >= 0.3 is 0 Å². The third kappa shape index (κ3) is 4.13. The molecule has 186 valence electrons. The lowest BCUT2D eigenvalue weighted by Gasteiger charge is -2.17. The largest absolute Gasteiger partial charge is 0.493 e. The summed E-state index contributed by atoms with van der Waals surface area (Å²) in [5, 5.41) is 6.80. The van der Waals surface area contributed by atoms with E-state index in [1.807, 2.05) is 47.1 Å². The highest BCUT2D eigenvalue weighted by Crippen LogP contribution is 2.43. The predicted molar refractivity (Wildman–Crippen MR) is 141 cm³/mol. The van der Waals surface area contributed by atoms with Gasteiger partial charge in [0.1, 0.15) is 18.0 Å². The SMILES string of the molecule is COc1c(Cl)cccc1Nc1c(-c2ccncc2OCc2cccn3ccnc23)[nH]c2c1C(=O)NCC2. The van der Waals surface area contributed by atoms with Crippen LogP contribution in [0.1, 0.15) is 21.6 Å². The minimum absolute atomic E-state index is 0.158. The second-order valence-electron chi connectivity index (χ2n) is 8.53. The van der Waals surface area contributed by atoms with Gasteiger partial charge in [0.15, 0.2) is 5.75 Å². The van der Waals surface area contributed by atoms with E-state index in [4.69, 9.17) is 21.1 Å². The molecule has 6 rings (SSSR count). The maximum atomic E-state index is 13.0. The summed E-state index contributed by atoms with van der Waals surface area (Å²) in [6.45, 7) is 0.853. The van der Waals surface area contributed by atoms with Gasteiger partial charge in [-0.25, -0.2) is 4.98 Å². The smallest absolute Gasteiger partial charge is 0.255 e. The average molecular weight is 515 g/mol. The zero-order chi connectivity index (χ0) is 25.4. The fraction of sp³-hybridized carbons (Fsp3) is 0.148.